The monoisotopic (exact) mass is 278 g/mol. The summed E-state index contributed by atoms with van der Waals surface area (Å²) in [5.74, 6) is -0.546. The minimum atomic E-state index is -2.05. The average Bonchev–Trinajstić information content (AvgIpc) is 2.22. The van der Waals surface area contributed by atoms with Crippen molar-refractivity contribution in [3.05, 3.63) is 0 Å². The Labute approximate surface area is 111 Å². The van der Waals surface area contributed by atoms with Gasteiger partial charge in [0.2, 0.25) is 0 Å². The van der Waals surface area contributed by atoms with E-state index in [1.165, 1.54) is 7.11 Å². The van der Waals surface area contributed by atoms with Gasteiger partial charge in [-0.15, -0.1) is 0 Å². The molecular weight excluding hydrogens is 252 g/mol. The number of rotatable bonds is 7. The maximum Gasteiger partial charge on any atom is 0.371 e. The standard InChI is InChI=1S/C12H26O5Si/c1-8-15-9-10(11(13)16-14-5)17-18(6,7)12(2,3)4/h10H,8-9H2,1-7H3/t10-/m0/s1. The van der Waals surface area contributed by atoms with Gasteiger partial charge < -0.3 is 9.16 Å². The highest BCUT2D eigenvalue weighted by Crippen LogP contribution is 2.37. The number of ether oxygens (including phenoxy) is 1. The Balaban J connectivity index is 4.72. The van der Waals surface area contributed by atoms with E-state index in [-0.39, 0.29) is 11.6 Å². The number of hydrogen-bond donors (Lipinski definition) is 0. The fourth-order valence-electron chi connectivity index (χ4n) is 1.04. The van der Waals surface area contributed by atoms with Gasteiger partial charge >= 0.3 is 5.97 Å². The molecule has 0 aromatic carbocycles. The molecule has 1 atom stereocenters. The maximum atomic E-state index is 11.7. The van der Waals surface area contributed by atoms with Gasteiger partial charge in [0.1, 0.15) is 0 Å². The van der Waals surface area contributed by atoms with Crippen LogP contribution in [0, 0.1) is 0 Å². The molecule has 108 valence electrons. The predicted molar refractivity (Wildman–Crippen MR) is 71.7 cm³/mol. The van der Waals surface area contributed by atoms with Crippen LogP contribution in [0.1, 0.15) is 27.7 Å². The third-order valence-electron chi connectivity index (χ3n) is 3.14. The second-order valence-electron chi connectivity index (χ2n) is 5.60. The minimum Gasteiger partial charge on any atom is -0.402 e. The molecule has 0 rings (SSSR count). The summed E-state index contributed by atoms with van der Waals surface area (Å²) < 4.78 is 11.2. The van der Waals surface area contributed by atoms with Crippen molar-refractivity contribution >= 4 is 14.3 Å². The topological polar surface area (TPSA) is 54.0 Å². The molecule has 18 heavy (non-hydrogen) atoms. The van der Waals surface area contributed by atoms with Crippen molar-refractivity contribution in [2.75, 3.05) is 20.3 Å². The van der Waals surface area contributed by atoms with E-state index in [4.69, 9.17) is 9.16 Å². The molecular formula is C12H26O5Si. The van der Waals surface area contributed by atoms with E-state index in [0.29, 0.717) is 6.61 Å². The van der Waals surface area contributed by atoms with Crippen molar-refractivity contribution in [2.24, 2.45) is 0 Å². The maximum absolute atomic E-state index is 11.7. The van der Waals surface area contributed by atoms with E-state index in [1.807, 2.05) is 6.92 Å². The normalized spacial score (nSPS) is 14.4. The van der Waals surface area contributed by atoms with E-state index >= 15 is 0 Å². The van der Waals surface area contributed by atoms with Gasteiger partial charge in [0.25, 0.3) is 0 Å². The molecule has 0 saturated heterocycles. The van der Waals surface area contributed by atoms with Gasteiger partial charge in [-0.2, -0.15) is 4.89 Å². The van der Waals surface area contributed by atoms with Gasteiger partial charge in [-0.1, -0.05) is 20.8 Å². The quantitative estimate of drug-likeness (QED) is 0.407. The average molecular weight is 278 g/mol. The van der Waals surface area contributed by atoms with Crippen molar-refractivity contribution in [3.8, 4) is 0 Å². The summed E-state index contributed by atoms with van der Waals surface area (Å²) in [5.41, 5.74) is 0. The Hall–Kier alpha value is -0.433. The summed E-state index contributed by atoms with van der Waals surface area (Å²) >= 11 is 0. The van der Waals surface area contributed by atoms with E-state index in [0.717, 1.165) is 0 Å². The molecule has 0 amide bonds. The van der Waals surface area contributed by atoms with E-state index in [2.05, 4.69) is 43.6 Å². The molecule has 0 bridgehead atoms. The van der Waals surface area contributed by atoms with Gasteiger partial charge in [0, 0.05) is 6.61 Å². The molecule has 0 aliphatic rings. The lowest BCUT2D eigenvalue weighted by Crippen LogP contribution is -2.47. The van der Waals surface area contributed by atoms with Crippen molar-refractivity contribution < 1.29 is 23.7 Å². The Morgan fingerprint density at radius 3 is 2.22 bits per heavy atom. The first kappa shape index (κ1) is 17.6. The molecule has 0 aromatic rings. The van der Waals surface area contributed by atoms with Gasteiger partial charge in [0.15, 0.2) is 14.4 Å². The van der Waals surface area contributed by atoms with Gasteiger partial charge in [-0.05, 0) is 25.1 Å². The SMILES string of the molecule is CCOC[C@H](O[Si](C)(C)C(C)(C)C)C(=O)OOC. The fraction of sp³-hybridized carbons (Fsp3) is 0.917. The predicted octanol–water partition coefficient (Wildman–Crippen LogP) is 2.52. The highest BCUT2D eigenvalue weighted by atomic mass is 28.4. The van der Waals surface area contributed by atoms with Crippen molar-refractivity contribution in [1.82, 2.24) is 0 Å². The molecule has 5 nitrogen and oxygen atoms in total. The summed E-state index contributed by atoms with van der Waals surface area (Å²) in [5, 5.41) is 0.0187. The lowest BCUT2D eigenvalue weighted by Gasteiger charge is -2.38. The van der Waals surface area contributed by atoms with Crippen molar-refractivity contribution in [2.45, 2.75) is 51.9 Å². The van der Waals surface area contributed by atoms with Crippen LogP contribution in [0.2, 0.25) is 18.1 Å². The fourth-order valence-corrected chi connectivity index (χ4v) is 2.27. The van der Waals surface area contributed by atoms with Crippen LogP contribution in [-0.4, -0.2) is 40.7 Å². The molecule has 0 aliphatic heterocycles. The minimum absolute atomic E-state index is 0.0187. The number of hydrogen-bond acceptors (Lipinski definition) is 5. The van der Waals surface area contributed by atoms with Crippen LogP contribution in [0.15, 0.2) is 0 Å². The molecule has 0 spiro atoms. The van der Waals surface area contributed by atoms with Crippen molar-refractivity contribution in [3.63, 3.8) is 0 Å². The molecule has 0 unspecified atom stereocenters. The van der Waals surface area contributed by atoms with Gasteiger partial charge in [-0.25, -0.2) is 4.79 Å². The molecule has 0 fully saturated rings. The van der Waals surface area contributed by atoms with E-state index in [1.54, 1.807) is 0 Å². The van der Waals surface area contributed by atoms with Gasteiger partial charge in [0.05, 0.1) is 13.7 Å². The molecule has 0 aromatic heterocycles. The summed E-state index contributed by atoms with van der Waals surface area (Å²) in [6.07, 6.45) is -0.731. The lowest BCUT2D eigenvalue weighted by atomic mass is 10.2. The highest BCUT2D eigenvalue weighted by molar-refractivity contribution is 6.74. The summed E-state index contributed by atoms with van der Waals surface area (Å²) in [6, 6.07) is 0. The zero-order chi connectivity index (χ0) is 14.4. The van der Waals surface area contributed by atoms with Crippen molar-refractivity contribution in [1.29, 1.82) is 0 Å². The Morgan fingerprint density at radius 2 is 1.83 bits per heavy atom. The molecule has 6 heteroatoms. The Kier molecular flexibility index (Phi) is 7.05. The number of carbonyl (C=O) groups is 1. The second kappa shape index (κ2) is 7.23. The zero-order valence-corrected chi connectivity index (χ0v) is 13.5. The first-order valence-electron chi connectivity index (χ1n) is 6.15. The van der Waals surface area contributed by atoms with Gasteiger partial charge in [-0.3, -0.25) is 4.89 Å². The van der Waals surface area contributed by atoms with Crippen LogP contribution >= 0.6 is 0 Å². The summed E-state index contributed by atoms with van der Waals surface area (Å²) in [6.45, 7) is 13.1. The summed E-state index contributed by atoms with van der Waals surface area (Å²) in [4.78, 5) is 20.7. The third kappa shape index (κ3) is 5.47. The first-order valence-corrected chi connectivity index (χ1v) is 9.06. The van der Waals surface area contributed by atoms with Crippen LogP contribution in [0.25, 0.3) is 0 Å². The second-order valence-corrected chi connectivity index (χ2v) is 10.4. The molecule has 0 heterocycles. The molecule has 0 N–H and O–H groups in total. The Morgan fingerprint density at radius 1 is 1.28 bits per heavy atom. The van der Waals surface area contributed by atoms with Crippen LogP contribution in [0.5, 0.6) is 0 Å². The highest BCUT2D eigenvalue weighted by Gasteiger charge is 2.41. The lowest BCUT2D eigenvalue weighted by molar-refractivity contribution is -0.262. The van der Waals surface area contributed by atoms with Crippen LogP contribution in [0.3, 0.4) is 0 Å². The van der Waals surface area contributed by atoms with Crippen LogP contribution < -0.4 is 0 Å². The van der Waals surface area contributed by atoms with Crippen LogP contribution in [0.4, 0.5) is 0 Å². The van der Waals surface area contributed by atoms with E-state index in [9.17, 15) is 4.79 Å². The Bertz CT molecular complexity index is 260. The smallest absolute Gasteiger partial charge is 0.371 e. The molecule has 0 aliphatic carbocycles. The zero-order valence-electron chi connectivity index (χ0n) is 12.5. The third-order valence-corrected chi connectivity index (χ3v) is 7.63. The number of carbonyl (C=O) groups excluding carboxylic acids is 1. The van der Waals surface area contributed by atoms with E-state index < -0.39 is 20.4 Å². The molecule has 0 radical (unpaired) electrons. The summed E-state index contributed by atoms with van der Waals surface area (Å²) in [7, 11) is -0.753. The largest absolute Gasteiger partial charge is 0.402 e. The first-order chi connectivity index (χ1) is 8.15. The molecule has 0 saturated carbocycles. The van der Waals surface area contributed by atoms with Crippen LogP contribution in [-0.2, 0) is 23.7 Å².